The molecule has 2 nitrogen and oxygen atoms in total. The molecule has 0 amide bonds. The van der Waals surface area contributed by atoms with Gasteiger partial charge in [0.15, 0.2) is 0 Å². The van der Waals surface area contributed by atoms with Crippen molar-refractivity contribution in [2.45, 2.75) is 6.92 Å². The Kier molecular flexibility index (Phi) is 2.45. The predicted octanol–water partition coefficient (Wildman–Crippen LogP) is 1.66. The Hall–Kier alpha value is -0.500. The van der Waals surface area contributed by atoms with Crippen LogP contribution in [-0.2, 0) is 0 Å². The summed E-state index contributed by atoms with van der Waals surface area (Å²) in [5.41, 5.74) is 0. The maximum Gasteiger partial charge on any atom is 0.124 e. The van der Waals surface area contributed by atoms with E-state index in [1.54, 1.807) is 0 Å². The Morgan fingerprint density at radius 2 is 2.29 bits per heavy atom. The van der Waals surface area contributed by atoms with Crippen LogP contribution in [-0.4, -0.2) is 10.3 Å². The predicted molar refractivity (Wildman–Crippen MR) is 30.0 cm³/mol. The fourth-order valence-corrected chi connectivity index (χ4v) is 0.341. The van der Waals surface area contributed by atoms with Gasteiger partial charge >= 0.3 is 0 Å². The fraction of sp³-hybridized carbons (Fsp3) is 0.250. The molecule has 0 rings (SSSR count). The molecular weight excluding hydrogens is 114 g/mol. The van der Waals surface area contributed by atoms with Crippen LogP contribution < -0.4 is 0 Å². The van der Waals surface area contributed by atoms with Gasteiger partial charge < -0.3 is 5.11 Å². The van der Waals surface area contributed by atoms with Crippen LogP contribution in [0.4, 0.5) is 0 Å². The van der Waals surface area contributed by atoms with E-state index in [4.69, 9.17) is 22.1 Å². The summed E-state index contributed by atoms with van der Waals surface area (Å²) in [5, 5.41) is 14.8. The number of hydrogen-bond donors (Lipinski definition) is 2. The minimum absolute atomic E-state index is 0.0556. The zero-order valence-corrected chi connectivity index (χ0v) is 4.66. The maximum absolute atomic E-state index is 8.36. The van der Waals surface area contributed by atoms with E-state index in [9.17, 15) is 0 Å². The Labute approximate surface area is 46.9 Å². The van der Waals surface area contributed by atoms with E-state index in [0.717, 1.165) is 6.08 Å². The molecule has 0 radical (unpaired) electrons. The van der Waals surface area contributed by atoms with Crippen molar-refractivity contribution in [3.05, 3.63) is 11.8 Å². The van der Waals surface area contributed by atoms with Gasteiger partial charge in [-0.15, -0.1) is 0 Å². The van der Waals surface area contributed by atoms with Gasteiger partial charge in [0.05, 0.1) is 5.76 Å². The molecule has 2 N–H and O–H groups in total. The number of rotatable bonds is 1. The first kappa shape index (κ1) is 6.50. The normalized spacial score (nSPS) is 11.4. The van der Waals surface area contributed by atoms with Gasteiger partial charge in [0.2, 0.25) is 0 Å². The van der Waals surface area contributed by atoms with Gasteiger partial charge in [-0.2, -0.15) is 0 Å². The first-order chi connectivity index (χ1) is 3.13. The van der Waals surface area contributed by atoms with Crippen molar-refractivity contribution >= 4 is 16.8 Å². The van der Waals surface area contributed by atoms with E-state index in [1.807, 2.05) is 0 Å². The first-order valence-corrected chi connectivity index (χ1v) is 2.12. The SMILES string of the molecule is C/C(O)=C/C(=N)Cl. The Morgan fingerprint density at radius 3 is 2.29 bits per heavy atom. The van der Waals surface area contributed by atoms with Gasteiger partial charge in [-0.05, 0) is 6.92 Å². The fourth-order valence-electron chi connectivity index (χ4n) is 0.183. The van der Waals surface area contributed by atoms with Crippen LogP contribution in [0.25, 0.3) is 0 Å². The molecule has 7 heavy (non-hydrogen) atoms. The summed E-state index contributed by atoms with van der Waals surface area (Å²) in [4.78, 5) is 0. The number of halogens is 1. The number of aliphatic hydroxyl groups is 1. The average Bonchev–Trinajstić information content (AvgIpc) is 1.27. The van der Waals surface area contributed by atoms with Gasteiger partial charge in [-0.25, -0.2) is 0 Å². The van der Waals surface area contributed by atoms with Gasteiger partial charge in [0.25, 0.3) is 0 Å². The summed E-state index contributed by atoms with van der Waals surface area (Å²) in [5.74, 6) is 0.0556. The molecule has 0 saturated carbocycles. The van der Waals surface area contributed by atoms with Crippen LogP contribution in [0, 0.1) is 5.41 Å². The molecule has 0 atom stereocenters. The van der Waals surface area contributed by atoms with Gasteiger partial charge in [0, 0.05) is 6.08 Å². The van der Waals surface area contributed by atoms with E-state index < -0.39 is 0 Å². The lowest BCUT2D eigenvalue weighted by Crippen LogP contribution is -1.77. The quantitative estimate of drug-likeness (QED) is 0.400. The highest BCUT2D eigenvalue weighted by Gasteiger charge is 1.81. The largest absolute Gasteiger partial charge is 0.513 e. The molecule has 0 spiro atoms. The minimum Gasteiger partial charge on any atom is -0.513 e. The summed E-state index contributed by atoms with van der Waals surface area (Å²) < 4.78 is 0. The summed E-state index contributed by atoms with van der Waals surface area (Å²) in [6.45, 7) is 1.46. The first-order valence-electron chi connectivity index (χ1n) is 1.74. The highest BCUT2D eigenvalue weighted by molar-refractivity contribution is 6.67. The number of hydrogen-bond acceptors (Lipinski definition) is 2. The van der Waals surface area contributed by atoms with Crippen LogP contribution in [0.15, 0.2) is 11.8 Å². The van der Waals surface area contributed by atoms with Crippen molar-refractivity contribution < 1.29 is 5.11 Å². The second-order valence-corrected chi connectivity index (χ2v) is 1.54. The lowest BCUT2D eigenvalue weighted by atomic mass is 10.5. The van der Waals surface area contributed by atoms with Crippen LogP contribution in [0.3, 0.4) is 0 Å². The van der Waals surface area contributed by atoms with E-state index in [0.29, 0.717) is 0 Å². The minimum atomic E-state index is -0.153. The smallest absolute Gasteiger partial charge is 0.124 e. The third kappa shape index (κ3) is 5.50. The second-order valence-electron chi connectivity index (χ2n) is 1.13. The van der Waals surface area contributed by atoms with Crippen LogP contribution in [0.1, 0.15) is 6.92 Å². The summed E-state index contributed by atoms with van der Waals surface area (Å²) in [7, 11) is 0. The summed E-state index contributed by atoms with van der Waals surface area (Å²) >= 11 is 5.02. The van der Waals surface area contributed by atoms with E-state index in [1.165, 1.54) is 6.92 Å². The van der Waals surface area contributed by atoms with Crippen molar-refractivity contribution in [1.29, 1.82) is 5.41 Å². The number of nitrogens with one attached hydrogen (secondary N) is 1. The summed E-state index contributed by atoms with van der Waals surface area (Å²) in [6, 6.07) is 0. The number of allylic oxidation sites excluding steroid dienone is 2. The monoisotopic (exact) mass is 119 g/mol. The zero-order valence-electron chi connectivity index (χ0n) is 3.90. The van der Waals surface area contributed by atoms with Gasteiger partial charge in [-0.1, -0.05) is 11.6 Å². The Balaban J connectivity index is 3.68. The lowest BCUT2D eigenvalue weighted by Gasteiger charge is -1.81. The Morgan fingerprint density at radius 1 is 1.86 bits per heavy atom. The van der Waals surface area contributed by atoms with E-state index in [-0.39, 0.29) is 10.9 Å². The van der Waals surface area contributed by atoms with E-state index >= 15 is 0 Å². The zero-order chi connectivity index (χ0) is 5.86. The molecule has 0 aromatic carbocycles. The molecule has 0 unspecified atom stereocenters. The van der Waals surface area contributed by atoms with Crippen molar-refractivity contribution in [3.63, 3.8) is 0 Å². The van der Waals surface area contributed by atoms with Crippen LogP contribution in [0.5, 0.6) is 0 Å². The highest BCUT2D eigenvalue weighted by atomic mass is 35.5. The molecule has 0 fully saturated rings. The van der Waals surface area contributed by atoms with Crippen molar-refractivity contribution in [2.75, 3.05) is 0 Å². The molecule has 0 heterocycles. The molecule has 0 aliphatic rings. The van der Waals surface area contributed by atoms with Crippen molar-refractivity contribution in [3.8, 4) is 0 Å². The molecule has 0 saturated heterocycles. The molecule has 0 aliphatic heterocycles. The van der Waals surface area contributed by atoms with Crippen LogP contribution in [0.2, 0.25) is 0 Å². The van der Waals surface area contributed by atoms with Crippen molar-refractivity contribution in [1.82, 2.24) is 0 Å². The third-order valence-electron chi connectivity index (χ3n) is 0.336. The molecule has 0 aromatic heterocycles. The highest BCUT2D eigenvalue weighted by Crippen LogP contribution is 1.88. The van der Waals surface area contributed by atoms with Crippen molar-refractivity contribution in [2.24, 2.45) is 0 Å². The molecular formula is C4H6ClNO. The molecule has 40 valence electrons. The molecule has 0 aliphatic carbocycles. The Bertz CT molecular complexity index is 104. The second kappa shape index (κ2) is 2.64. The van der Waals surface area contributed by atoms with E-state index in [2.05, 4.69) is 0 Å². The molecule has 3 heteroatoms. The standard InChI is InChI=1S/C4H6ClNO/c1-3(7)2-4(5)6/h2,6-7H,1H3/b3-2-,6-4?. The molecule has 0 bridgehead atoms. The summed E-state index contributed by atoms with van der Waals surface area (Å²) in [6.07, 6.45) is 1.15. The molecule has 0 aromatic rings. The number of aliphatic hydroxyl groups excluding tert-OH is 1. The van der Waals surface area contributed by atoms with Gasteiger partial charge in [0.1, 0.15) is 5.17 Å². The lowest BCUT2D eigenvalue weighted by molar-refractivity contribution is 0.415. The van der Waals surface area contributed by atoms with Gasteiger partial charge in [-0.3, -0.25) is 5.41 Å². The maximum atomic E-state index is 8.36. The topological polar surface area (TPSA) is 44.1 Å². The third-order valence-corrected chi connectivity index (χ3v) is 0.445. The average molecular weight is 120 g/mol. The van der Waals surface area contributed by atoms with Crippen LogP contribution >= 0.6 is 11.6 Å².